The van der Waals surface area contributed by atoms with Crippen molar-refractivity contribution in [2.24, 2.45) is 0 Å². The van der Waals surface area contributed by atoms with Crippen molar-refractivity contribution in [2.45, 2.75) is 12.8 Å². The van der Waals surface area contributed by atoms with E-state index < -0.39 is 5.91 Å². The van der Waals surface area contributed by atoms with Crippen LogP contribution in [0.1, 0.15) is 22.3 Å². The van der Waals surface area contributed by atoms with Gasteiger partial charge in [0.1, 0.15) is 0 Å². The number of imidazole rings is 1. The van der Waals surface area contributed by atoms with E-state index in [0.29, 0.717) is 5.56 Å². The molecule has 2 aromatic carbocycles. The van der Waals surface area contributed by atoms with Crippen LogP contribution in [0.25, 0.3) is 11.0 Å². The van der Waals surface area contributed by atoms with Crippen molar-refractivity contribution in [3.63, 3.8) is 0 Å². The van der Waals surface area contributed by atoms with Gasteiger partial charge in [0.25, 0.3) is 5.91 Å². The number of fused-ring (bicyclic) bond motifs is 2. The van der Waals surface area contributed by atoms with Crippen molar-refractivity contribution in [3.05, 3.63) is 53.6 Å². The lowest BCUT2D eigenvalue weighted by Crippen LogP contribution is -2.26. The van der Waals surface area contributed by atoms with E-state index in [0.717, 1.165) is 47.6 Å². The highest BCUT2D eigenvalue weighted by Gasteiger charge is 2.22. The van der Waals surface area contributed by atoms with Crippen molar-refractivity contribution >= 4 is 28.6 Å². The van der Waals surface area contributed by atoms with E-state index in [1.807, 2.05) is 36.4 Å². The molecule has 23 heavy (non-hydrogen) atoms. The van der Waals surface area contributed by atoms with Crippen LogP contribution in [0.2, 0.25) is 0 Å². The highest BCUT2D eigenvalue weighted by Crippen LogP contribution is 2.33. The van der Waals surface area contributed by atoms with Gasteiger partial charge in [0.2, 0.25) is 5.95 Å². The number of amides is 1. The molecule has 0 saturated heterocycles. The van der Waals surface area contributed by atoms with Gasteiger partial charge in [-0.25, -0.2) is 10.5 Å². The number of nitrogens with zero attached hydrogens (tertiary/aromatic N) is 2. The molecule has 1 aliphatic heterocycles. The van der Waals surface area contributed by atoms with Crippen LogP contribution >= 0.6 is 0 Å². The van der Waals surface area contributed by atoms with Gasteiger partial charge in [-0.1, -0.05) is 12.1 Å². The minimum atomic E-state index is -0.492. The first kappa shape index (κ1) is 13.8. The van der Waals surface area contributed by atoms with E-state index in [-0.39, 0.29) is 0 Å². The molecule has 116 valence electrons. The lowest BCUT2D eigenvalue weighted by Gasteiger charge is -2.29. The van der Waals surface area contributed by atoms with E-state index in [1.54, 1.807) is 11.5 Å². The fourth-order valence-electron chi connectivity index (χ4n) is 3.09. The summed E-state index contributed by atoms with van der Waals surface area (Å²) in [5.74, 6) is 0.320. The third-order valence-corrected chi connectivity index (χ3v) is 4.19. The Bertz CT molecular complexity index is 854. The number of hydrogen-bond donors (Lipinski definition) is 3. The molecule has 0 unspecified atom stereocenters. The Morgan fingerprint density at radius 3 is 2.96 bits per heavy atom. The Morgan fingerprint density at radius 1 is 1.26 bits per heavy atom. The van der Waals surface area contributed by atoms with Crippen LogP contribution in [0.4, 0.5) is 11.6 Å². The molecule has 3 aromatic rings. The van der Waals surface area contributed by atoms with Crippen molar-refractivity contribution in [1.82, 2.24) is 15.4 Å². The van der Waals surface area contributed by atoms with Crippen LogP contribution in [0, 0.1) is 0 Å². The average Bonchev–Trinajstić information content (AvgIpc) is 3.04. The zero-order valence-corrected chi connectivity index (χ0v) is 12.4. The lowest BCUT2D eigenvalue weighted by molar-refractivity contribution is 0.0706. The summed E-state index contributed by atoms with van der Waals surface area (Å²) in [6.45, 7) is 0.873. The summed E-state index contributed by atoms with van der Waals surface area (Å²) in [4.78, 5) is 21.7. The molecule has 1 amide bonds. The minimum absolute atomic E-state index is 0.456. The number of hydrogen-bond acceptors (Lipinski definition) is 4. The summed E-state index contributed by atoms with van der Waals surface area (Å²) in [6, 6.07) is 13.4. The van der Waals surface area contributed by atoms with Gasteiger partial charge in [0.05, 0.1) is 11.0 Å². The second kappa shape index (κ2) is 5.40. The lowest BCUT2D eigenvalue weighted by atomic mass is 9.99. The maximum atomic E-state index is 11.6. The van der Waals surface area contributed by atoms with Crippen molar-refractivity contribution in [1.29, 1.82) is 0 Å². The first-order valence-electron chi connectivity index (χ1n) is 7.56. The van der Waals surface area contributed by atoms with Gasteiger partial charge in [-0.2, -0.15) is 0 Å². The maximum Gasteiger partial charge on any atom is 0.274 e. The highest BCUT2D eigenvalue weighted by molar-refractivity contribution is 5.94. The van der Waals surface area contributed by atoms with Gasteiger partial charge in [0, 0.05) is 17.8 Å². The molecule has 4 rings (SSSR count). The molecular formula is C17H16N4O2. The number of aryl methyl sites for hydroxylation is 1. The largest absolute Gasteiger partial charge is 0.324 e. The second-order valence-corrected chi connectivity index (χ2v) is 5.62. The monoisotopic (exact) mass is 308 g/mol. The number of rotatable bonds is 2. The number of aromatic nitrogens is 2. The third kappa shape index (κ3) is 2.33. The maximum absolute atomic E-state index is 11.6. The number of nitrogens with one attached hydrogen (secondary N) is 2. The van der Waals surface area contributed by atoms with Crippen LogP contribution in [-0.2, 0) is 6.42 Å². The third-order valence-electron chi connectivity index (χ3n) is 4.19. The number of H-pyrrole nitrogens is 1. The van der Waals surface area contributed by atoms with E-state index >= 15 is 0 Å². The second-order valence-electron chi connectivity index (χ2n) is 5.62. The summed E-state index contributed by atoms with van der Waals surface area (Å²) in [5.41, 5.74) is 6.20. The molecule has 6 heteroatoms. The van der Waals surface area contributed by atoms with Crippen molar-refractivity contribution < 1.29 is 10.0 Å². The van der Waals surface area contributed by atoms with Crippen molar-refractivity contribution in [2.75, 3.05) is 11.4 Å². The summed E-state index contributed by atoms with van der Waals surface area (Å²) in [5, 5.41) is 8.78. The zero-order valence-electron chi connectivity index (χ0n) is 12.4. The average molecular weight is 308 g/mol. The van der Waals surface area contributed by atoms with Gasteiger partial charge >= 0.3 is 0 Å². The van der Waals surface area contributed by atoms with Gasteiger partial charge in [0.15, 0.2) is 0 Å². The van der Waals surface area contributed by atoms with Gasteiger partial charge < -0.3 is 9.88 Å². The SMILES string of the molecule is O=C(NO)c1ccc2c(c1)CCCN2c1nc2ccccc2[nH]1. The topological polar surface area (TPSA) is 81.2 Å². The highest BCUT2D eigenvalue weighted by atomic mass is 16.5. The molecule has 0 fully saturated rings. The van der Waals surface area contributed by atoms with E-state index in [9.17, 15) is 4.79 Å². The van der Waals surface area contributed by atoms with Crippen LogP contribution in [-0.4, -0.2) is 27.6 Å². The van der Waals surface area contributed by atoms with Crippen LogP contribution in [0.5, 0.6) is 0 Å². The number of carbonyl (C=O) groups excluding carboxylic acids is 1. The molecule has 0 saturated carbocycles. The first-order chi connectivity index (χ1) is 11.3. The molecule has 6 nitrogen and oxygen atoms in total. The normalized spacial score (nSPS) is 13.9. The van der Waals surface area contributed by atoms with Crippen LogP contribution < -0.4 is 10.4 Å². The molecular weight excluding hydrogens is 292 g/mol. The van der Waals surface area contributed by atoms with E-state index in [4.69, 9.17) is 5.21 Å². The number of para-hydroxylation sites is 2. The Kier molecular flexibility index (Phi) is 3.24. The molecule has 0 radical (unpaired) electrons. The van der Waals surface area contributed by atoms with Gasteiger partial charge in [-0.15, -0.1) is 0 Å². The number of benzene rings is 2. The summed E-state index contributed by atoms with van der Waals surface area (Å²) < 4.78 is 0. The van der Waals surface area contributed by atoms with Crippen LogP contribution in [0.15, 0.2) is 42.5 Å². The van der Waals surface area contributed by atoms with Crippen LogP contribution in [0.3, 0.4) is 0 Å². The molecule has 2 heterocycles. The zero-order chi connectivity index (χ0) is 15.8. The van der Waals surface area contributed by atoms with Gasteiger partial charge in [-0.05, 0) is 48.7 Å². The Morgan fingerprint density at radius 2 is 2.13 bits per heavy atom. The quantitative estimate of drug-likeness (QED) is 0.502. The van der Waals surface area contributed by atoms with E-state index in [2.05, 4.69) is 14.9 Å². The minimum Gasteiger partial charge on any atom is -0.324 e. The smallest absolute Gasteiger partial charge is 0.274 e. The fourth-order valence-corrected chi connectivity index (χ4v) is 3.09. The summed E-state index contributed by atoms with van der Waals surface area (Å²) in [7, 11) is 0. The number of hydroxylamine groups is 1. The summed E-state index contributed by atoms with van der Waals surface area (Å²) >= 11 is 0. The predicted molar refractivity (Wildman–Crippen MR) is 87.1 cm³/mol. The molecule has 1 aliphatic rings. The molecule has 0 spiro atoms. The number of aromatic amines is 1. The molecule has 0 atom stereocenters. The van der Waals surface area contributed by atoms with E-state index in [1.165, 1.54) is 0 Å². The molecule has 0 aliphatic carbocycles. The Balaban J connectivity index is 1.76. The number of carbonyl (C=O) groups is 1. The summed E-state index contributed by atoms with van der Waals surface area (Å²) in [6.07, 6.45) is 1.88. The van der Waals surface area contributed by atoms with Gasteiger partial charge in [-0.3, -0.25) is 10.0 Å². The Labute approximate surface area is 132 Å². The predicted octanol–water partition coefficient (Wildman–Crippen LogP) is 2.77. The molecule has 1 aromatic heterocycles. The fraction of sp³-hybridized carbons (Fsp3) is 0.176. The van der Waals surface area contributed by atoms with Crippen molar-refractivity contribution in [3.8, 4) is 0 Å². The Hall–Kier alpha value is -2.86. The first-order valence-corrected chi connectivity index (χ1v) is 7.56. The molecule has 3 N–H and O–H groups in total. The standard InChI is InChI=1S/C17H16N4O2/c22-16(20-23)12-7-8-15-11(10-12)4-3-9-21(15)17-18-13-5-1-2-6-14(13)19-17/h1-2,5-8,10,23H,3-4,9H2,(H,18,19)(H,20,22). The molecule has 0 bridgehead atoms. The number of anilines is 2.